The maximum absolute atomic E-state index is 10.8. The molecule has 10 nitrogen and oxygen atoms in total. The van der Waals surface area contributed by atoms with Gasteiger partial charge in [0.25, 0.3) is 0 Å². The van der Waals surface area contributed by atoms with Crippen molar-refractivity contribution in [1.29, 1.82) is 0 Å². The van der Waals surface area contributed by atoms with Crippen molar-refractivity contribution < 1.29 is 42.4 Å². The van der Waals surface area contributed by atoms with Crippen molar-refractivity contribution >= 4 is 27.2 Å². The number of nitrogens with zero attached hydrogens (tertiary/aromatic N) is 1. The Labute approximate surface area is 154 Å². The Hall–Kier alpha value is -1.25. The number of aliphatic hydroxyl groups excluding tert-OH is 4. The summed E-state index contributed by atoms with van der Waals surface area (Å²) < 4.78 is 39.5. The Bertz CT molecular complexity index is 712. The molecule has 1 aromatic carbocycles. The van der Waals surface area contributed by atoms with Crippen molar-refractivity contribution in [2.24, 2.45) is 11.1 Å². The number of hydrogen-bond donors (Lipinski definition) is 5. The average Bonchev–Trinajstić information content (AvgIpc) is 2.58. The minimum absolute atomic E-state index is 0.0352. The fraction of sp³-hybridized carbons (Fsp3) is 0.500. The van der Waals surface area contributed by atoms with Gasteiger partial charge in [0.1, 0.15) is 16.6 Å². The highest BCUT2D eigenvalue weighted by atomic mass is 32.3. The van der Waals surface area contributed by atoms with Crippen LogP contribution in [0.2, 0.25) is 0 Å². The molecule has 0 saturated carbocycles. The highest BCUT2D eigenvalue weighted by Gasteiger charge is 2.44. The maximum atomic E-state index is 10.8. The summed E-state index contributed by atoms with van der Waals surface area (Å²) in [5.74, 6) is -0.981. The molecule has 1 heterocycles. The van der Waals surface area contributed by atoms with Crippen LogP contribution in [-0.4, -0.2) is 69.0 Å². The molecule has 5 N–H and O–H groups in total. The SMILES string of the molecule is O=S(=O)(O)ON=C(Cc1ccccc1)SC1OC(O)C(O)C(O)C1CO. The molecule has 1 aliphatic heterocycles. The van der Waals surface area contributed by atoms with Gasteiger partial charge in [-0.1, -0.05) is 47.2 Å². The van der Waals surface area contributed by atoms with E-state index in [2.05, 4.69) is 9.44 Å². The summed E-state index contributed by atoms with van der Waals surface area (Å²) in [5, 5.41) is 42.1. The van der Waals surface area contributed by atoms with E-state index in [0.29, 0.717) is 0 Å². The van der Waals surface area contributed by atoms with Crippen LogP contribution in [0.5, 0.6) is 0 Å². The Morgan fingerprint density at radius 1 is 1.19 bits per heavy atom. The molecular weight excluding hydrogens is 390 g/mol. The van der Waals surface area contributed by atoms with Crippen molar-refractivity contribution in [3.63, 3.8) is 0 Å². The summed E-state index contributed by atoms with van der Waals surface area (Å²) in [6, 6.07) is 8.75. The first-order valence-corrected chi connectivity index (χ1v) is 9.69. The highest BCUT2D eigenvalue weighted by Crippen LogP contribution is 2.33. The van der Waals surface area contributed by atoms with Gasteiger partial charge >= 0.3 is 10.4 Å². The lowest BCUT2D eigenvalue weighted by Crippen LogP contribution is -2.54. The summed E-state index contributed by atoms with van der Waals surface area (Å²) in [7, 11) is -4.83. The van der Waals surface area contributed by atoms with Crippen LogP contribution in [0.15, 0.2) is 35.5 Å². The molecule has 0 aliphatic carbocycles. The second kappa shape index (κ2) is 9.10. The normalized spacial score (nSPS) is 30.2. The molecule has 1 aromatic rings. The van der Waals surface area contributed by atoms with E-state index in [9.17, 15) is 28.8 Å². The van der Waals surface area contributed by atoms with Gasteiger partial charge in [-0.05, 0) is 5.56 Å². The van der Waals surface area contributed by atoms with Crippen LogP contribution >= 0.6 is 11.8 Å². The van der Waals surface area contributed by atoms with Crippen molar-refractivity contribution in [2.75, 3.05) is 6.61 Å². The molecule has 0 radical (unpaired) electrons. The van der Waals surface area contributed by atoms with Crippen LogP contribution in [0, 0.1) is 5.92 Å². The van der Waals surface area contributed by atoms with Crippen LogP contribution in [0.3, 0.4) is 0 Å². The number of oxime groups is 1. The molecule has 2 rings (SSSR count). The third kappa shape index (κ3) is 5.89. The van der Waals surface area contributed by atoms with Crippen molar-refractivity contribution in [3.05, 3.63) is 35.9 Å². The third-order valence-electron chi connectivity index (χ3n) is 3.60. The van der Waals surface area contributed by atoms with Gasteiger partial charge < -0.3 is 25.2 Å². The molecule has 12 heteroatoms. The maximum Gasteiger partial charge on any atom is 0.466 e. The number of thioether (sulfide) groups is 1. The highest BCUT2D eigenvalue weighted by molar-refractivity contribution is 8.14. The Morgan fingerprint density at radius 2 is 1.85 bits per heavy atom. The number of ether oxygens (including phenoxy) is 1. The van der Waals surface area contributed by atoms with Crippen LogP contribution in [0.1, 0.15) is 5.56 Å². The molecule has 0 bridgehead atoms. The third-order valence-corrected chi connectivity index (χ3v) is 5.05. The summed E-state index contributed by atoms with van der Waals surface area (Å²) in [6.45, 7) is -0.569. The Kier molecular flexibility index (Phi) is 7.37. The minimum Gasteiger partial charge on any atom is -0.396 e. The molecule has 5 unspecified atom stereocenters. The van der Waals surface area contributed by atoms with Crippen LogP contribution < -0.4 is 0 Å². The zero-order chi connectivity index (χ0) is 19.3. The van der Waals surface area contributed by atoms with E-state index in [1.165, 1.54) is 0 Å². The molecule has 1 saturated heterocycles. The van der Waals surface area contributed by atoms with Crippen LogP contribution in [0.4, 0.5) is 0 Å². The topological polar surface area (TPSA) is 166 Å². The zero-order valence-electron chi connectivity index (χ0n) is 13.3. The van der Waals surface area contributed by atoms with Crippen molar-refractivity contribution in [1.82, 2.24) is 0 Å². The monoisotopic (exact) mass is 409 g/mol. The van der Waals surface area contributed by atoms with Crippen LogP contribution in [-0.2, 0) is 25.8 Å². The molecule has 26 heavy (non-hydrogen) atoms. The quantitative estimate of drug-likeness (QED) is 0.172. The number of aliphatic hydroxyl groups is 4. The van der Waals surface area contributed by atoms with Gasteiger partial charge in [-0.15, -0.1) is 0 Å². The smallest absolute Gasteiger partial charge is 0.396 e. The van der Waals surface area contributed by atoms with Gasteiger partial charge in [-0.25, -0.2) is 4.28 Å². The standard InChI is InChI=1S/C14H19NO9S2/c16-7-9-11(17)12(18)13(19)23-14(9)25-10(15-24-26(20,21)22)6-8-4-2-1-3-5-8/h1-5,9,11-14,16-19H,6-7H2,(H,20,21,22). The molecule has 5 atom stereocenters. The van der Waals surface area contributed by atoms with Crippen molar-refractivity contribution in [3.8, 4) is 0 Å². The van der Waals surface area contributed by atoms with E-state index in [1.807, 2.05) is 0 Å². The lowest BCUT2D eigenvalue weighted by molar-refractivity contribution is -0.252. The zero-order valence-corrected chi connectivity index (χ0v) is 15.0. The predicted octanol–water partition coefficient (Wildman–Crippen LogP) is -0.900. The minimum atomic E-state index is -4.83. The molecule has 1 fully saturated rings. The van der Waals surface area contributed by atoms with E-state index >= 15 is 0 Å². The Morgan fingerprint density at radius 3 is 2.42 bits per heavy atom. The van der Waals surface area contributed by atoms with Crippen LogP contribution in [0.25, 0.3) is 0 Å². The van der Waals surface area contributed by atoms with E-state index < -0.39 is 46.9 Å². The Balaban J connectivity index is 2.21. The molecule has 1 aliphatic rings. The largest absolute Gasteiger partial charge is 0.466 e. The summed E-state index contributed by atoms with van der Waals surface area (Å²) in [6.07, 6.45) is -4.69. The van der Waals surface area contributed by atoms with E-state index in [4.69, 9.17) is 9.29 Å². The summed E-state index contributed by atoms with van der Waals surface area (Å²) >= 11 is 0.780. The fourth-order valence-corrected chi connectivity index (χ4v) is 3.72. The van der Waals surface area contributed by atoms with Gasteiger partial charge in [0.2, 0.25) is 0 Å². The predicted molar refractivity (Wildman–Crippen MR) is 91.3 cm³/mol. The fourth-order valence-electron chi connectivity index (χ4n) is 2.30. The van der Waals surface area contributed by atoms with E-state index in [-0.39, 0.29) is 11.5 Å². The van der Waals surface area contributed by atoms with Gasteiger partial charge in [-0.3, -0.25) is 4.55 Å². The molecule has 0 aromatic heterocycles. The second-order valence-corrected chi connectivity index (χ2v) is 7.67. The average molecular weight is 409 g/mol. The molecule has 0 amide bonds. The second-order valence-electron chi connectivity index (χ2n) is 5.49. The summed E-state index contributed by atoms with van der Waals surface area (Å²) in [5.41, 5.74) is -0.323. The first-order chi connectivity index (χ1) is 12.2. The molecule has 0 spiro atoms. The van der Waals surface area contributed by atoms with Gasteiger partial charge in [0.15, 0.2) is 6.29 Å². The molecule has 146 valence electrons. The van der Waals surface area contributed by atoms with Crippen molar-refractivity contribution in [2.45, 2.75) is 30.4 Å². The number of rotatable bonds is 6. The number of hydrogen-bond acceptors (Lipinski definition) is 10. The number of benzene rings is 1. The van der Waals surface area contributed by atoms with E-state index in [0.717, 1.165) is 17.3 Å². The first-order valence-electron chi connectivity index (χ1n) is 7.45. The molecular formula is C14H19NO9S2. The van der Waals surface area contributed by atoms with E-state index in [1.54, 1.807) is 30.3 Å². The van der Waals surface area contributed by atoms with Gasteiger partial charge in [0.05, 0.1) is 12.7 Å². The lowest BCUT2D eigenvalue weighted by Gasteiger charge is -2.39. The first kappa shape index (κ1) is 21.1. The lowest BCUT2D eigenvalue weighted by atomic mass is 9.96. The van der Waals surface area contributed by atoms with Gasteiger partial charge in [-0.2, -0.15) is 8.42 Å². The van der Waals surface area contributed by atoms with Gasteiger partial charge in [0, 0.05) is 12.3 Å². The summed E-state index contributed by atoms with van der Waals surface area (Å²) in [4.78, 5) is 0.